The number of piperidine rings is 1. The van der Waals surface area contributed by atoms with Crippen LogP contribution in [0.25, 0.3) is 0 Å². The highest BCUT2D eigenvalue weighted by Gasteiger charge is 2.23. The van der Waals surface area contributed by atoms with Gasteiger partial charge in [-0.3, -0.25) is 4.90 Å². The summed E-state index contributed by atoms with van der Waals surface area (Å²) in [6.45, 7) is 9.36. The Labute approximate surface area is 99.2 Å². The molecule has 1 aliphatic rings. The van der Waals surface area contributed by atoms with Crippen molar-refractivity contribution in [3.63, 3.8) is 0 Å². The Kier molecular flexibility index (Phi) is 6.02. The molecule has 1 heterocycles. The maximum Gasteiger partial charge on any atom is 0.0197 e. The predicted molar refractivity (Wildman–Crippen MR) is 70.7 cm³/mol. The van der Waals surface area contributed by atoms with Gasteiger partial charge in [-0.05, 0) is 32.6 Å². The molecule has 0 spiro atoms. The molecule has 3 heteroatoms. The predicted octanol–water partition coefficient (Wildman–Crippen LogP) is 2.20. The number of nitrogens with zero attached hydrogens (tertiary/aromatic N) is 1. The second-order valence-electron chi connectivity index (χ2n) is 4.96. The molecule has 15 heavy (non-hydrogen) atoms. The van der Waals surface area contributed by atoms with Crippen LogP contribution < -0.4 is 5.32 Å². The number of rotatable bonds is 5. The minimum absolute atomic E-state index is 0.616. The van der Waals surface area contributed by atoms with Crippen LogP contribution in [0.1, 0.15) is 33.6 Å². The topological polar surface area (TPSA) is 15.3 Å². The summed E-state index contributed by atoms with van der Waals surface area (Å²) in [5.74, 6) is 1.26. The molecule has 0 aliphatic carbocycles. The first-order valence-corrected chi connectivity index (χ1v) is 7.52. The van der Waals surface area contributed by atoms with Crippen LogP contribution in [0, 0.1) is 0 Å². The minimum atomic E-state index is 0.616. The minimum Gasteiger partial charge on any atom is -0.311 e. The van der Waals surface area contributed by atoms with Crippen molar-refractivity contribution < 1.29 is 0 Å². The summed E-state index contributed by atoms with van der Waals surface area (Å²) in [4.78, 5) is 2.64. The van der Waals surface area contributed by atoms with Crippen molar-refractivity contribution in [3.05, 3.63) is 0 Å². The number of likely N-dealkylation sites (tertiary alicyclic amines) is 1. The molecule has 2 unspecified atom stereocenters. The summed E-state index contributed by atoms with van der Waals surface area (Å²) in [6.07, 6.45) is 4.90. The van der Waals surface area contributed by atoms with Crippen LogP contribution in [0.2, 0.25) is 0 Å². The Morgan fingerprint density at radius 1 is 1.40 bits per heavy atom. The zero-order chi connectivity index (χ0) is 11.3. The molecular formula is C12H26N2S. The van der Waals surface area contributed by atoms with Crippen LogP contribution in [-0.4, -0.2) is 48.1 Å². The maximum atomic E-state index is 3.66. The lowest BCUT2D eigenvalue weighted by Crippen LogP contribution is -2.50. The van der Waals surface area contributed by atoms with Crippen LogP contribution in [0.3, 0.4) is 0 Å². The van der Waals surface area contributed by atoms with E-state index in [0.29, 0.717) is 12.1 Å². The lowest BCUT2D eigenvalue weighted by molar-refractivity contribution is 0.153. The molecule has 0 aromatic heterocycles. The zero-order valence-corrected chi connectivity index (χ0v) is 11.4. The van der Waals surface area contributed by atoms with Gasteiger partial charge in [0.05, 0.1) is 0 Å². The highest BCUT2D eigenvalue weighted by Crippen LogP contribution is 2.15. The molecular weight excluding hydrogens is 204 g/mol. The Morgan fingerprint density at radius 3 is 2.73 bits per heavy atom. The standard InChI is InChI=1S/C12H26N2S/c1-10(2)13-12-6-5-7-14(8-12)11(3)9-15-4/h10-13H,5-9H2,1-4H3. The van der Waals surface area contributed by atoms with E-state index in [1.165, 1.54) is 31.7 Å². The maximum absolute atomic E-state index is 3.66. The van der Waals surface area contributed by atoms with E-state index in [4.69, 9.17) is 0 Å². The van der Waals surface area contributed by atoms with Gasteiger partial charge in [-0.25, -0.2) is 0 Å². The largest absolute Gasteiger partial charge is 0.311 e. The average Bonchev–Trinajstić information content (AvgIpc) is 2.17. The summed E-state index contributed by atoms with van der Waals surface area (Å²) in [5, 5.41) is 3.66. The van der Waals surface area contributed by atoms with Gasteiger partial charge in [0.1, 0.15) is 0 Å². The third-order valence-corrected chi connectivity index (χ3v) is 3.87. The molecule has 0 bridgehead atoms. The van der Waals surface area contributed by atoms with Crippen molar-refractivity contribution in [1.29, 1.82) is 0 Å². The van der Waals surface area contributed by atoms with Crippen LogP contribution in [0.15, 0.2) is 0 Å². The molecule has 1 aliphatic heterocycles. The molecule has 0 saturated carbocycles. The van der Waals surface area contributed by atoms with E-state index in [0.717, 1.165) is 6.04 Å². The highest BCUT2D eigenvalue weighted by atomic mass is 32.2. The van der Waals surface area contributed by atoms with E-state index in [-0.39, 0.29) is 0 Å². The van der Waals surface area contributed by atoms with Crippen LogP contribution in [0.5, 0.6) is 0 Å². The molecule has 0 amide bonds. The van der Waals surface area contributed by atoms with Crippen LogP contribution in [-0.2, 0) is 0 Å². The van der Waals surface area contributed by atoms with Gasteiger partial charge < -0.3 is 5.32 Å². The van der Waals surface area contributed by atoms with Crippen LogP contribution >= 0.6 is 11.8 Å². The van der Waals surface area contributed by atoms with Gasteiger partial charge in [0.15, 0.2) is 0 Å². The lowest BCUT2D eigenvalue weighted by Gasteiger charge is -2.37. The SMILES string of the molecule is CSCC(C)N1CCCC(NC(C)C)C1. The Bertz CT molecular complexity index is 173. The fourth-order valence-electron chi connectivity index (χ4n) is 2.36. The summed E-state index contributed by atoms with van der Waals surface area (Å²) >= 11 is 1.96. The fraction of sp³-hybridized carbons (Fsp3) is 1.00. The van der Waals surface area contributed by atoms with E-state index in [1.54, 1.807) is 0 Å². The molecule has 2 nitrogen and oxygen atoms in total. The Morgan fingerprint density at radius 2 is 2.13 bits per heavy atom. The Hall–Kier alpha value is 0.270. The third-order valence-electron chi connectivity index (χ3n) is 3.05. The summed E-state index contributed by atoms with van der Waals surface area (Å²) < 4.78 is 0. The van der Waals surface area contributed by atoms with Gasteiger partial charge in [-0.15, -0.1) is 0 Å². The molecule has 0 aromatic rings. The highest BCUT2D eigenvalue weighted by molar-refractivity contribution is 7.98. The first-order valence-electron chi connectivity index (χ1n) is 6.12. The number of thioether (sulfide) groups is 1. The summed E-state index contributed by atoms with van der Waals surface area (Å²) in [7, 11) is 0. The smallest absolute Gasteiger partial charge is 0.0197 e. The molecule has 1 N–H and O–H groups in total. The molecule has 2 atom stereocenters. The molecule has 1 fully saturated rings. The van der Waals surface area contributed by atoms with Crippen molar-refractivity contribution in [2.24, 2.45) is 0 Å². The van der Waals surface area contributed by atoms with E-state index < -0.39 is 0 Å². The van der Waals surface area contributed by atoms with Crippen molar-refractivity contribution in [1.82, 2.24) is 10.2 Å². The van der Waals surface area contributed by atoms with Crippen molar-refractivity contribution in [3.8, 4) is 0 Å². The molecule has 1 rings (SSSR count). The average molecular weight is 230 g/mol. The molecule has 0 radical (unpaired) electrons. The molecule has 90 valence electrons. The van der Waals surface area contributed by atoms with E-state index in [1.807, 2.05) is 11.8 Å². The number of nitrogens with one attached hydrogen (secondary N) is 1. The van der Waals surface area contributed by atoms with E-state index in [9.17, 15) is 0 Å². The second kappa shape index (κ2) is 6.77. The third kappa shape index (κ3) is 4.75. The van der Waals surface area contributed by atoms with Crippen molar-refractivity contribution in [2.75, 3.05) is 25.1 Å². The van der Waals surface area contributed by atoms with Gasteiger partial charge in [-0.2, -0.15) is 11.8 Å². The van der Waals surface area contributed by atoms with Gasteiger partial charge >= 0.3 is 0 Å². The van der Waals surface area contributed by atoms with Gasteiger partial charge in [0.25, 0.3) is 0 Å². The summed E-state index contributed by atoms with van der Waals surface area (Å²) in [5.41, 5.74) is 0. The zero-order valence-electron chi connectivity index (χ0n) is 10.6. The molecule has 1 saturated heterocycles. The van der Waals surface area contributed by atoms with Crippen molar-refractivity contribution >= 4 is 11.8 Å². The monoisotopic (exact) mass is 230 g/mol. The van der Waals surface area contributed by atoms with E-state index >= 15 is 0 Å². The number of hydrogen-bond donors (Lipinski definition) is 1. The first-order chi connectivity index (χ1) is 7.13. The summed E-state index contributed by atoms with van der Waals surface area (Å²) in [6, 6.07) is 2.06. The van der Waals surface area contributed by atoms with Crippen molar-refractivity contribution in [2.45, 2.75) is 51.7 Å². The quantitative estimate of drug-likeness (QED) is 0.779. The lowest BCUT2D eigenvalue weighted by atomic mass is 10.0. The van der Waals surface area contributed by atoms with Gasteiger partial charge in [0.2, 0.25) is 0 Å². The normalized spacial score (nSPS) is 25.8. The van der Waals surface area contributed by atoms with Gasteiger partial charge in [-0.1, -0.05) is 13.8 Å². The second-order valence-corrected chi connectivity index (χ2v) is 5.87. The van der Waals surface area contributed by atoms with E-state index in [2.05, 4.69) is 37.2 Å². The molecule has 0 aromatic carbocycles. The fourth-order valence-corrected chi connectivity index (χ4v) is 3.05. The first kappa shape index (κ1) is 13.3. The number of hydrogen-bond acceptors (Lipinski definition) is 3. The van der Waals surface area contributed by atoms with Crippen LogP contribution in [0.4, 0.5) is 0 Å². The Balaban J connectivity index is 2.34. The van der Waals surface area contributed by atoms with Gasteiger partial charge in [0, 0.05) is 30.4 Å².